The van der Waals surface area contributed by atoms with Gasteiger partial charge in [0.05, 0.1) is 50.8 Å². The Balaban J connectivity index is 1.32. The van der Waals surface area contributed by atoms with Crippen LogP contribution in [0, 0.1) is 18.2 Å². The maximum atomic E-state index is 17.1. The number of anilines is 3. The molecule has 0 bridgehead atoms. The lowest BCUT2D eigenvalue weighted by atomic mass is 9.89. The van der Waals surface area contributed by atoms with E-state index in [1.165, 1.54) is 19.3 Å². The number of aromatic nitrogens is 5. The van der Waals surface area contributed by atoms with Crippen LogP contribution in [-0.4, -0.2) is 74.1 Å². The van der Waals surface area contributed by atoms with E-state index < -0.39 is 62.3 Å². The minimum atomic E-state index is -4.96. The molecule has 18 heteroatoms. The van der Waals surface area contributed by atoms with E-state index >= 15 is 4.39 Å². The standard InChI is InChI=1S/C33H32ClF6N9O2/c1-15-10-17(41)45-24(20(15)33(38,39)40)18-21(34)26-19-25(22(18)35)46-29(51-14-31-4-3-7-48(31)13-30(11-31)12-32(30,36)37)47-28(19)49(8-9-50-26)16(2)23-27(42)44-6-5-43-23/h5-6,10,16H,3-4,7-9,11-14H2,1-2H3,(H2,41,45)(H2,42,44)/t16-,30-,31+/m1/s1. The van der Waals surface area contributed by atoms with E-state index in [0.29, 0.717) is 18.7 Å². The van der Waals surface area contributed by atoms with Gasteiger partial charge in [0.25, 0.3) is 5.92 Å². The maximum Gasteiger partial charge on any atom is 0.418 e. The van der Waals surface area contributed by atoms with Gasteiger partial charge in [-0.25, -0.2) is 23.1 Å². The van der Waals surface area contributed by atoms with Crippen molar-refractivity contribution in [2.45, 2.75) is 63.2 Å². The third-order valence-electron chi connectivity index (χ3n) is 10.8. The molecule has 51 heavy (non-hydrogen) atoms. The first-order chi connectivity index (χ1) is 24.1. The number of fused-ring (bicyclic) bond motifs is 1. The van der Waals surface area contributed by atoms with Crippen LogP contribution in [0.3, 0.4) is 0 Å². The quantitative estimate of drug-likeness (QED) is 0.214. The molecule has 4 N–H and O–H groups in total. The van der Waals surface area contributed by atoms with Crippen molar-refractivity contribution in [1.29, 1.82) is 0 Å². The van der Waals surface area contributed by atoms with Crippen LogP contribution in [-0.2, 0) is 6.18 Å². The van der Waals surface area contributed by atoms with Crippen LogP contribution < -0.4 is 25.8 Å². The van der Waals surface area contributed by atoms with Crippen LogP contribution in [0.2, 0.25) is 5.02 Å². The summed E-state index contributed by atoms with van der Waals surface area (Å²) in [6.45, 7) is 3.80. The first-order valence-electron chi connectivity index (χ1n) is 16.3. The number of nitrogen functional groups attached to an aromatic ring is 2. The summed E-state index contributed by atoms with van der Waals surface area (Å²) < 4.78 is 102. The van der Waals surface area contributed by atoms with Crippen molar-refractivity contribution < 1.29 is 35.8 Å². The fourth-order valence-corrected chi connectivity index (χ4v) is 8.62. The van der Waals surface area contributed by atoms with E-state index in [1.807, 2.05) is 4.90 Å². The van der Waals surface area contributed by atoms with Crippen LogP contribution in [0.5, 0.6) is 11.8 Å². The van der Waals surface area contributed by atoms with Crippen LogP contribution in [0.25, 0.3) is 22.2 Å². The smallest absolute Gasteiger partial charge is 0.418 e. The molecule has 3 atom stereocenters. The highest BCUT2D eigenvalue weighted by Crippen LogP contribution is 2.69. The SMILES string of the molecule is Cc1cc(N)nc(-c2c(Cl)c3c4c(nc(OC[C@@]56CCCN5C[C@]5(CC5(F)F)C6)nc4c2F)N([C@H](C)c2nccnc2N)CCO3)c1C(F)(F)F. The highest BCUT2D eigenvalue weighted by atomic mass is 35.5. The number of benzene rings is 1. The number of ether oxygens (including phenoxy) is 2. The average molecular weight is 736 g/mol. The van der Waals surface area contributed by atoms with Crippen LogP contribution in [0.15, 0.2) is 18.5 Å². The molecule has 3 aromatic heterocycles. The van der Waals surface area contributed by atoms with Gasteiger partial charge in [-0.3, -0.25) is 9.88 Å². The molecule has 1 aromatic carbocycles. The summed E-state index contributed by atoms with van der Waals surface area (Å²) in [4.78, 5) is 25.2. The number of halogens is 7. The van der Waals surface area contributed by atoms with Crippen LogP contribution in [0.1, 0.15) is 55.5 Å². The second kappa shape index (κ2) is 11.3. The largest absolute Gasteiger partial charge is 0.489 e. The van der Waals surface area contributed by atoms with E-state index in [1.54, 1.807) is 11.8 Å². The number of hydrogen-bond acceptors (Lipinski definition) is 11. The van der Waals surface area contributed by atoms with Gasteiger partial charge in [-0.05, 0) is 51.3 Å². The van der Waals surface area contributed by atoms with Crippen molar-refractivity contribution >= 4 is 40.0 Å². The molecule has 0 radical (unpaired) electrons. The number of hydrogen-bond donors (Lipinski definition) is 2. The summed E-state index contributed by atoms with van der Waals surface area (Å²) in [6.07, 6.45) is -0.664. The Labute approximate surface area is 292 Å². The number of nitrogens with zero attached hydrogens (tertiary/aromatic N) is 7. The van der Waals surface area contributed by atoms with Gasteiger partial charge in [-0.15, -0.1) is 0 Å². The molecular weight excluding hydrogens is 704 g/mol. The molecular formula is C33H32ClF6N9O2. The van der Waals surface area contributed by atoms with Gasteiger partial charge in [0.15, 0.2) is 11.6 Å². The number of pyridine rings is 1. The molecule has 2 saturated heterocycles. The summed E-state index contributed by atoms with van der Waals surface area (Å²) in [5.41, 5.74) is 7.06. The zero-order valence-electron chi connectivity index (χ0n) is 27.4. The van der Waals surface area contributed by atoms with Crippen molar-refractivity contribution in [3.63, 3.8) is 0 Å². The highest BCUT2D eigenvalue weighted by Gasteiger charge is 2.77. The molecule has 11 nitrogen and oxygen atoms in total. The van der Waals surface area contributed by atoms with Crippen LogP contribution >= 0.6 is 11.6 Å². The van der Waals surface area contributed by atoms with Gasteiger partial charge < -0.3 is 25.8 Å². The Morgan fingerprint density at radius 3 is 2.55 bits per heavy atom. The third kappa shape index (κ3) is 5.17. The van der Waals surface area contributed by atoms with Crippen molar-refractivity contribution in [3.8, 4) is 23.0 Å². The lowest BCUT2D eigenvalue weighted by Gasteiger charge is -2.32. The first-order valence-corrected chi connectivity index (χ1v) is 16.7. The summed E-state index contributed by atoms with van der Waals surface area (Å²) in [7, 11) is 0. The van der Waals surface area contributed by atoms with Gasteiger partial charge in [0, 0.05) is 25.4 Å². The van der Waals surface area contributed by atoms with Crippen LogP contribution in [0.4, 0.5) is 43.8 Å². The van der Waals surface area contributed by atoms with E-state index in [-0.39, 0.29) is 79.3 Å². The number of aryl methyl sites for hydroxylation is 1. The topological polar surface area (TPSA) is 141 Å². The highest BCUT2D eigenvalue weighted by molar-refractivity contribution is 6.36. The zero-order chi connectivity index (χ0) is 36.2. The summed E-state index contributed by atoms with van der Waals surface area (Å²) >= 11 is 6.78. The molecule has 8 rings (SSSR count). The van der Waals surface area contributed by atoms with Gasteiger partial charge in [-0.2, -0.15) is 23.1 Å². The molecule has 1 aliphatic carbocycles. The summed E-state index contributed by atoms with van der Waals surface area (Å²) in [5, 5.41) is -0.523. The van der Waals surface area contributed by atoms with Gasteiger partial charge >= 0.3 is 12.2 Å². The number of nitrogens with two attached hydrogens (primary N) is 2. The van der Waals surface area contributed by atoms with Crippen molar-refractivity contribution in [3.05, 3.63) is 46.1 Å². The van der Waals surface area contributed by atoms with Crippen molar-refractivity contribution in [2.24, 2.45) is 5.41 Å². The minimum Gasteiger partial charge on any atom is -0.489 e. The minimum absolute atomic E-state index is 0.0345. The third-order valence-corrected chi connectivity index (χ3v) is 11.1. The van der Waals surface area contributed by atoms with E-state index in [2.05, 4.69) is 24.9 Å². The molecule has 270 valence electrons. The Hall–Kier alpha value is -4.38. The normalized spacial score (nSPS) is 24.5. The van der Waals surface area contributed by atoms with Crippen molar-refractivity contribution in [2.75, 3.05) is 49.2 Å². The predicted molar refractivity (Wildman–Crippen MR) is 175 cm³/mol. The molecule has 1 spiro atoms. The maximum absolute atomic E-state index is 17.1. The average Bonchev–Trinajstić information content (AvgIpc) is 3.25. The second-order valence-corrected chi connectivity index (χ2v) is 14.3. The fourth-order valence-electron chi connectivity index (χ4n) is 8.30. The van der Waals surface area contributed by atoms with Gasteiger partial charge in [-0.1, -0.05) is 11.6 Å². The second-order valence-electron chi connectivity index (χ2n) is 13.9. The lowest BCUT2D eigenvalue weighted by molar-refractivity contribution is -0.137. The number of rotatable bonds is 6. The molecule has 4 aliphatic rings. The Morgan fingerprint density at radius 1 is 1.10 bits per heavy atom. The predicted octanol–water partition coefficient (Wildman–Crippen LogP) is 6.37. The zero-order valence-corrected chi connectivity index (χ0v) is 28.2. The number of alkyl halides is 5. The van der Waals surface area contributed by atoms with Gasteiger partial charge in [0.1, 0.15) is 41.9 Å². The monoisotopic (exact) mass is 735 g/mol. The lowest BCUT2D eigenvalue weighted by Crippen LogP contribution is -2.43. The molecule has 4 aromatic rings. The first kappa shape index (κ1) is 33.7. The Morgan fingerprint density at radius 2 is 1.84 bits per heavy atom. The molecule has 1 saturated carbocycles. The Bertz CT molecular complexity index is 2100. The molecule has 6 heterocycles. The molecule has 0 amide bonds. The van der Waals surface area contributed by atoms with E-state index in [9.17, 15) is 22.0 Å². The van der Waals surface area contributed by atoms with E-state index in [0.717, 1.165) is 12.5 Å². The molecule has 3 fully saturated rings. The fraction of sp³-hybridized carbons (Fsp3) is 0.485. The summed E-state index contributed by atoms with van der Waals surface area (Å²) in [5.74, 6) is -4.25. The summed E-state index contributed by atoms with van der Waals surface area (Å²) in [6, 6.07) is 0.0796. The molecule has 0 unspecified atom stereocenters. The van der Waals surface area contributed by atoms with E-state index in [4.69, 9.17) is 32.5 Å². The van der Waals surface area contributed by atoms with Crippen molar-refractivity contribution in [1.82, 2.24) is 29.8 Å². The van der Waals surface area contributed by atoms with Gasteiger partial charge in [0.2, 0.25) is 0 Å². The Kier molecular flexibility index (Phi) is 7.48. The molecule has 3 aliphatic heterocycles.